The van der Waals surface area contributed by atoms with Gasteiger partial charge in [0.25, 0.3) is 14.4 Å². The summed E-state index contributed by atoms with van der Waals surface area (Å²) < 4.78 is 37.7. The van der Waals surface area contributed by atoms with Crippen LogP contribution in [-0.2, 0) is 18.5 Å². The molecule has 11 nitrogen and oxygen atoms in total. The molecule has 2 bridgehead atoms. The van der Waals surface area contributed by atoms with Gasteiger partial charge in [-0.05, 0) is 66.6 Å². The van der Waals surface area contributed by atoms with Gasteiger partial charge < -0.3 is 28.7 Å². The van der Waals surface area contributed by atoms with E-state index in [1.54, 1.807) is 24.3 Å². The lowest BCUT2D eigenvalue weighted by atomic mass is 9.86. The first-order valence-electron chi connectivity index (χ1n) is 14.0. The number of carbonyl (C=O) groups excluding carboxylic acids is 1. The van der Waals surface area contributed by atoms with Crippen molar-refractivity contribution in [1.29, 1.82) is 0 Å². The van der Waals surface area contributed by atoms with Crippen molar-refractivity contribution in [1.82, 2.24) is 14.2 Å². The van der Waals surface area contributed by atoms with Crippen molar-refractivity contribution >= 4 is 20.3 Å². The number of benzene rings is 1. The molecule has 2 fully saturated rings. The van der Waals surface area contributed by atoms with Crippen LogP contribution >= 0.6 is 8.53 Å². The Hall–Kier alpha value is -2.71. The maximum absolute atomic E-state index is 13.2. The van der Waals surface area contributed by atoms with Gasteiger partial charge >= 0.3 is 5.69 Å². The maximum Gasteiger partial charge on any atom is 0.351 e. The first-order valence-corrected chi connectivity index (χ1v) is 14.4. The molecule has 40 heavy (non-hydrogen) atoms. The Bertz CT molecular complexity index is 1310. The molecule has 2 aliphatic rings. The molecule has 0 saturated carbocycles. The van der Waals surface area contributed by atoms with Gasteiger partial charge in [0, 0.05) is 25.2 Å². The van der Waals surface area contributed by atoms with E-state index in [2.05, 4.69) is 19.8 Å². The van der Waals surface area contributed by atoms with E-state index in [0.29, 0.717) is 5.56 Å². The zero-order valence-corrected chi connectivity index (χ0v) is 24.6. The molecule has 1 aromatic carbocycles. The molecular weight excluding hydrogens is 533 g/mol. The van der Waals surface area contributed by atoms with Crippen LogP contribution in [0.2, 0.25) is 0 Å². The number of rotatable bonds is 11. The highest BCUT2D eigenvalue weighted by atomic mass is 31.2. The minimum absolute atomic E-state index is 0.0798. The van der Waals surface area contributed by atoms with E-state index in [1.807, 2.05) is 47.6 Å². The molecule has 216 valence electrons. The van der Waals surface area contributed by atoms with E-state index in [0.717, 1.165) is 0 Å². The SMILES string of the molecule is [2H]C[C@]12O[C@@H](n3ccc(NC(=O)c4ccccc4)nc3=O)[C@H](OC1(C)C)[C@@H]2OP(OCC[N+]#[C-])N(C(C)C)C(C)C. The summed E-state index contributed by atoms with van der Waals surface area (Å²) >= 11 is 0. The highest BCUT2D eigenvalue weighted by Gasteiger charge is 2.70. The van der Waals surface area contributed by atoms with Crippen LogP contribution in [0.4, 0.5) is 5.82 Å². The van der Waals surface area contributed by atoms with Gasteiger partial charge in [0.1, 0.15) is 30.2 Å². The summed E-state index contributed by atoms with van der Waals surface area (Å²) in [5.74, 6) is -0.279. The molecular formula is C28H38N5O6P. The summed E-state index contributed by atoms with van der Waals surface area (Å²) in [6, 6.07) is 10.3. The zero-order chi connectivity index (χ0) is 29.9. The number of nitrogens with one attached hydrogen (secondary N) is 1. The molecule has 12 heteroatoms. The summed E-state index contributed by atoms with van der Waals surface area (Å²) in [7, 11) is -1.65. The topological polar surface area (TPSA) is 109 Å². The van der Waals surface area contributed by atoms with Crippen LogP contribution in [-0.4, -0.2) is 68.8 Å². The second kappa shape index (κ2) is 12.0. The van der Waals surface area contributed by atoms with Crippen molar-refractivity contribution in [2.75, 3.05) is 18.5 Å². The smallest absolute Gasteiger partial charge is 0.351 e. The average molecular weight is 573 g/mol. The Morgan fingerprint density at radius 2 is 1.95 bits per heavy atom. The molecule has 0 radical (unpaired) electrons. The number of nitrogens with zero attached hydrogens (tertiary/aromatic N) is 4. The summed E-state index contributed by atoms with van der Waals surface area (Å²) in [5.41, 5.74) is -2.30. The monoisotopic (exact) mass is 572 g/mol. The lowest BCUT2D eigenvalue weighted by Crippen LogP contribution is -2.52. The Morgan fingerprint density at radius 3 is 2.55 bits per heavy atom. The Labute approximate surface area is 238 Å². The van der Waals surface area contributed by atoms with Crippen LogP contribution in [0.5, 0.6) is 0 Å². The molecule has 0 aliphatic carbocycles. The lowest BCUT2D eigenvalue weighted by Gasteiger charge is -2.42. The van der Waals surface area contributed by atoms with Crippen molar-refractivity contribution in [2.24, 2.45) is 0 Å². The van der Waals surface area contributed by atoms with E-state index in [-0.39, 0.29) is 43.9 Å². The number of hydrogen-bond acceptors (Lipinski definition) is 8. The summed E-state index contributed by atoms with van der Waals surface area (Å²) in [6.07, 6.45) is -0.891. The van der Waals surface area contributed by atoms with Gasteiger partial charge in [0.2, 0.25) is 6.54 Å². The van der Waals surface area contributed by atoms with Gasteiger partial charge in [0.15, 0.2) is 6.23 Å². The molecule has 4 rings (SSSR count). The van der Waals surface area contributed by atoms with Gasteiger partial charge in [-0.15, -0.1) is 0 Å². The van der Waals surface area contributed by atoms with Gasteiger partial charge in [-0.3, -0.25) is 9.36 Å². The molecule has 5 atom stereocenters. The second-order valence-electron chi connectivity index (χ2n) is 10.9. The van der Waals surface area contributed by atoms with Crippen LogP contribution in [0, 0.1) is 6.57 Å². The molecule has 1 amide bonds. The summed E-state index contributed by atoms with van der Waals surface area (Å²) in [6.45, 7) is 19.2. The van der Waals surface area contributed by atoms with Crippen LogP contribution < -0.4 is 11.0 Å². The van der Waals surface area contributed by atoms with Gasteiger partial charge in [-0.2, -0.15) is 4.98 Å². The van der Waals surface area contributed by atoms with Crippen molar-refractivity contribution in [3.63, 3.8) is 0 Å². The van der Waals surface area contributed by atoms with E-state index < -0.39 is 43.9 Å². The second-order valence-corrected chi connectivity index (χ2v) is 12.3. The van der Waals surface area contributed by atoms with Gasteiger partial charge in [-0.25, -0.2) is 16.0 Å². The molecule has 2 aromatic rings. The number of aromatic nitrogens is 2. The quantitative estimate of drug-likeness (QED) is 0.236. The fourth-order valence-electron chi connectivity index (χ4n) is 5.01. The Morgan fingerprint density at radius 1 is 1.25 bits per heavy atom. The third-order valence-electron chi connectivity index (χ3n) is 7.06. The van der Waals surface area contributed by atoms with E-state index >= 15 is 0 Å². The van der Waals surface area contributed by atoms with Gasteiger partial charge in [0.05, 0.1) is 5.60 Å². The molecule has 0 spiro atoms. The standard InChI is InChI=1S/C28H38N5O6P/c1-18(2)33(19(3)4)40(36-17-15-29-8)39-23-22-25(38-28(23,7)27(5,6)37-22)32-16-14-21(31-26(32)35)30-24(34)20-12-10-9-11-13-20/h9-14,16,18-19,22-23,25H,15,17H2,1-7H3,(H,30,31,34,35)/t22-,23+,25-,28-,40?/m1/s1/i7D. The zero-order valence-electron chi connectivity index (χ0n) is 24.7. The largest absolute Gasteiger partial charge is 0.362 e. The fourth-order valence-corrected chi connectivity index (χ4v) is 6.79. The number of hydrogen-bond donors (Lipinski definition) is 1. The first-order chi connectivity index (χ1) is 19.5. The molecule has 2 aliphatic heterocycles. The maximum atomic E-state index is 13.2. The molecule has 1 aromatic heterocycles. The van der Waals surface area contributed by atoms with Crippen molar-refractivity contribution in [2.45, 2.75) is 90.2 Å². The molecule has 1 unspecified atom stereocenters. The third kappa shape index (κ3) is 5.84. The average Bonchev–Trinajstić information content (AvgIpc) is 3.33. The van der Waals surface area contributed by atoms with Gasteiger partial charge in [-0.1, -0.05) is 18.2 Å². The van der Waals surface area contributed by atoms with E-state index in [4.69, 9.17) is 26.5 Å². The van der Waals surface area contributed by atoms with Crippen molar-refractivity contribution < 1.29 is 24.7 Å². The lowest BCUT2D eigenvalue weighted by molar-refractivity contribution is -0.242. The minimum Gasteiger partial charge on any atom is -0.362 e. The van der Waals surface area contributed by atoms with E-state index in [9.17, 15) is 9.59 Å². The van der Waals surface area contributed by atoms with Crippen LogP contribution in [0.3, 0.4) is 0 Å². The highest BCUT2D eigenvalue weighted by Crippen LogP contribution is 2.59. The molecule has 3 heterocycles. The van der Waals surface area contributed by atoms with Crippen LogP contribution in [0.1, 0.15) is 66.4 Å². The summed E-state index contributed by atoms with van der Waals surface area (Å²) in [5, 5.41) is 2.64. The summed E-state index contributed by atoms with van der Waals surface area (Å²) in [4.78, 5) is 33.2. The number of anilines is 1. The predicted octanol–water partition coefficient (Wildman–Crippen LogP) is 4.63. The Balaban J connectivity index is 1.62. The highest BCUT2D eigenvalue weighted by molar-refractivity contribution is 7.44. The van der Waals surface area contributed by atoms with E-state index in [1.165, 1.54) is 16.8 Å². The fraction of sp³-hybridized carbons (Fsp3) is 0.571. The number of carbonyl (C=O) groups is 1. The number of fused-ring (bicyclic) bond motifs is 2. The normalized spacial score (nSPS) is 26.2. The van der Waals surface area contributed by atoms with Crippen LogP contribution in [0.25, 0.3) is 4.85 Å². The molecule has 2 saturated heterocycles. The predicted molar refractivity (Wildman–Crippen MR) is 152 cm³/mol. The Kier molecular flexibility index (Phi) is 8.66. The number of ether oxygens (including phenoxy) is 2. The molecule has 1 N–H and O–H groups in total. The minimum atomic E-state index is -1.65. The third-order valence-corrected chi connectivity index (χ3v) is 9.17. The van der Waals surface area contributed by atoms with Crippen molar-refractivity contribution in [3.05, 3.63) is 70.1 Å². The van der Waals surface area contributed by atoms with Crippen molar-refractivity contribution in [3.8, 4) is 0 Å². The number of amides is 1. The van der Waals surface area contributed by atoms with Crippen LogP contribution in [0.15, 0.2) is 47.4 Å². The first kappa shape index (κ1) is 28.8.